The summed E-state index contributed by atoms with van der Waals surface area (Å²) in [5, 5.41) is 2.62. The molecule has 10 heavy (non-hydrogen) atoms. The number of alkyl carbamates (subject to hydrolysis) is 1. The number of ether oxygens (including phenoxy) is 1. The second-order valence-corrected chi connectivity index (χ2v) is 2.77. The lowest BCUT2D eigenvalue weighted by Gasteiger charge is -2.02. The quantitative estimate of drug-likeness (QED) is 0.471. The molecule has 3 nitrogen and oxygen atoms in total. The second-order valence-electron chi connectivity index (χ2n) is 1.69. The fourth-order valence-electron chi connectivity index (χ4n) is 0.439. The number of carbonyl (C=O) groups excluding carboxylic acids is 1. The van der Waals surface area contributed by atoms with Crippen LogP contribution in [0.3, 0.4) is 0 Å². The Bertz CT molecular complexity index is 97.7. The highest BCUT2D eigenvalue weighted by Crippen LogP contribution is 1.85. The highest BCUT2D eigenvalue weighted by atomic mass is 127. The third kappa shape index (κ3) is 6.12. The molecule has 0 heterocycles. The predicted molar refractivity (Wildman–Crippen MR) is 48.5 cm³/mol. The molecular formula is C6H12INO2. The summed E-state index contributed by atoms with van der Waals surface area (Å²) >= 11 is 2.26. The second kappa shape index (κ2) is 7.11. The van der Waals surface area contributed by atoms with Gasteiger partial charge >= 0.3 is 6.09 Å². The Morgan fingerprint density at radius 2 is 2.40 bits per heavy atom. The Hall–Kier alpha value is 0. The molecule has 4 heteroatoms. The van der Waals surface area contributed by atoms with Gasteiger partial charge in [-0.25, -0.2) is 4.79 Å². The van der Waals surface area contributed by atoms with Gasteiger partial charge in [0, 0.05) is 11.0 Å². The van der Waals surface area contributed by atoms with Gasteiger partial charge in [-0.15, -0.1) is 0 Å². The van der Waals surface area contributed by atoms with Crippen LogP contribution in [-0.2, 0) is 4.74 Å². The highest BCUT2D eigenvalue weighted by molar-refractivity contribution is 14.1. The van der Waals surface area contributed by atoms with Crippen molar-refractivity contribution in [2.24, 2.45) is 0 Å². The van der Waals surface area contributed by atoms with Crippen molar-refractivity contribution < 1.29 is 9.53 Å². The zero-order chi connectivity index (χ0) is 7.82. The minimum atomic E-state index is -0.313. The molecule has 0 saturated carbocycles. The number of nitrogens with one attached hydrogen (secondary N) is 1. The van der Waals surface area contributed by atoms with Gasteiger partial charge in [0.1, 0.15) is 0 Å². The molecule has 60 valence electrons. The molecule has 0 radical (unpaired) electrons. The molecule has 1 amide bonds. The van der Waals surface area contributed by atoms with Crippen LogP contribution in [0, 0.1) is 0 Å². The molecule has 0 aliphatic carbocycles. The minimum absolute atomic E-state index is 0.313. The lowest BCUT2D eigenvalue weighted by molar-refractivity contribution is 0.152. The van der Waals surface area contributed by atoms with Crippen LogP contribution in [0.1, 0.15) is 13.3 Å². The molecule has 1 N–H and O–H groups in total. The average molecular weight is 257 g/mol. The average Bonchev–Trinajstić information content (AvgIpc) is 1.89. The first-order valence-corrected chi connectivity index (χ1v) is 4.80. The first kappa shape index (κ1) is 10.0. The lowest BCUT2D eigenvalue weighted by Crippen LogP contribution is -2.25. The molecule has 0 rings (SSSR count). The fraction of sp³-hybridized carbons (Fsp3) is 0.833. The maximum atomic E-state index is 10.6. The van der Waals surface area contributed by atoms with Gasteiger partial charge in [0.15, 0.2) is 0 Å². The van der Waals surface area contributed by atoms with Crippen molar-refractivity contribution in [1.29, 1.82) is 0 Å². The Morgan fingerprint density at radius 1 is 1.70 bits per heavy atom. The van der Waals surface area contributed by atoms with Crippen LogP contribution in [0.4, 0.5) is 4.79 Å². The SMILES string of the molecule is CCOC(=O)NCCCI. The topological polar surface area (TPSA) is 38.3 Å². The van der Waals surface area contributed by atoms with Crippen molar-refractivity contribution in [3.05, 3.63) is 0 Å². The minimum Gasteiger partial charge on any atom is -0.450 e. The zero-order valence-corrected chi connectivity index (χ0v) is 8.18. The molecule has 0 atom stereocenters. The Balaban J connectivity index is 3.05. The standard InChI is InChI=1S/C6H12INO2/c1-2-10-6(9)8-5-3-4-7/h2-5H2,1H3,(H,8,9). The Labute approximate surface area is 74.7 Å². The number of rotatable bonds is 4. The van der Waals surface area contributed by atoms with Crippen LogP contribution >= 0.6 is 22.6 Å². The third-order valence-corrected chi connectivity index (χ3v) is 1.62. The van der Waals surface area contributed by atoms with Gasteiger partial charge < -0.3 is 10.1 Å². The number of alkyl halides is 1. The largest absolute Gasteiger partial charge is 0.450 e. The summed E-state index contributed by atoms with van der Waals surface area (Å²) in [6.07, 6.45) is 0.687. The smallest absolute Gasteiger partial charge is 0.407 e. The van der Waals surface area contributed by atoms with Gasteiger partial charge in [-0.1, -0.05) is 22.6 Å². The van der Waals surface area contributed by atoms with Gasteiger partial charge in [-0.3, -0.25) is 0 Å². The van der Waals surface area contributed by atoms with Gasteiger partial charge in [-0.05, 0) is 13.3 Å². The maximum Gasteiger partial charge on any atom is 0.407 e. The zero-order valence-electron chi connectivity index (χ0n) is 6.02. The van der Waals surface area contributed by atoms with E-state index in [2.05, 4.69) is 32.6 Å². The van der Waals surface area contributed by atoms with Crippen molar-refractivity contribution in [2.45, 2.75) is 13.3 Å². The lowest BCUT2D eigenvalue weighted by atomic mass is 10.5. The maximum absolute atomic E-state index is 10.6. The van der Waals surface area contributed by atoms with Gasteiger partial charge in [0.05, 0.1) is 6.61 Å². The van der Waals surface area contributed by atoms with E-state index in [1.54, 1.807) is 6.92 Å². The summed E-state index contributed by atoms with van der Waals surface area (Å²) < 4.78 is 5.70. The van der Waals surface area contributed by atoms with Crippen molar-refractivity contribution >= 4 is 28.7 Å². The first-order valence-electron chi connectivity index (χ1n) is 3.27. The van der Waals surface area contributed by atoms with Crippen molar-refractivity contribution in [1.82, 2.24) is 5.32 Å². The number of halogens is 1. The Kier molecular flexibility index (Phi) is 7.11. The monoisotopic (exact) mass is 257 g/mol. The van der Waals surface area contributed by atoms with Gasteiger partial charge in [0.25, 0.3) is 0 Å². The van der Waals surface area contributed by atoms with E-state index in [9.17, 15) is 4.79 Å². The fourth-order valence-corrected chi connectivity index (χ4v) is 0.821. The van der Waals surface area contributed by atoms with Crippen LogP contribution in [0.15, 0.2) is 0 Å². The number of hydrogen-bond acceptors (Lipinski definition) is 2. The molecule has 0 saturated heterocycles. The van der Waals surface area contributed by atoms with E-state index in [-0.39, 0.29) is 6.09 Å². The predicted octanol–water partition coefficient (Wildman–Crippen LogP) is 1.56. The van der Waals surface area contributed by atoms with E-state index in [1.807, 2.05) is 0 Å². The van der Waals surface area contributed by atoms with E-state index < -0.39 is 0 Å². The third-order valence-electron chi connectivity index (χ3n) is 0.855. The van der Waals surface area contributed by atoms with Crippen LogP contribution in [0.25, 0.3) is 0 Å². The first-order chi connectivity index (χ1) is 4.81. The van der Waals surface area contributed by atoms with Crippen molar-refractivity contribution in [3.8, 4) is 0 Å². The summed E-state index contributed by atoms with van der Waals surface area (Å²) in [5.41, 5.74) is 0. The molecule has 0 aliphatic rings. The summed E-state index contributed by atoms with van der Waals surface area (Å²) in [4.78, 5) is 10.6. The molecule has 0 bridgehead atoms. The van der Waals surface area contributed by atoms with E-state index in [0.29, 0.717) is 13.2 Å². The summed E-state index contributed by atoms with van der Waals surface area (Å²) in [6.45, 7) is 2.94. The highest BCUT2D eigenvalue weighted by Gasteiger charge is 1.96. The number of carbonyl (C=O) groups is 1. The van der Waals surface area contributed by atoms with Gasteiger partial charge in [-0.2, -0.15) is 0 Å². The van der Waals surface area contributed by atoms with Crippen LogP contribution in [-0.4, -0.2) is 23.7 Å². The van der Waals surface area contributed by atoms with Crippen LogP contribution in [0.2, 0.25) is 0 Å². The Morgan fingerprint density at radius 3 is 2.90 bits per heavy atom. The molecule has 0 unspecified atom stereocenters. The molecule has 0 aromatic carbocycles. The summed E-state index contributed by atoms with van der Waals surface area (Å²) in [6, 6.07) is 0. The number of hydrogen-bond donors (Lipinski definition) is 1. The molecule has 0 aromatic rings. The van der Waals surface area contributed by atoms with Crippen LogP contribution in [0.5, 0.6) is 0 Å². The molecule has 0 fully saturated rings. The van der Waals surface area contributed by atoms with E-state index in [1.165, 1.54) is 0 Å². The normalized spacial score (nSPS) is 9.00. The molecule has 0 aliphatic heterocycles. The van der Waals surface area contributed by atoms with E-state index in [4.69, 9.17) is 0 Å². The summed E-state index contributed by atoms with van der Waals surface area (Å²) in [7, 11) is 0. The van der Waals surface area contributed by atoms with Crippen molar-refractivity contribution in [3.63, 3.8) is 0 Å². The van der Waals surface area contributed by atoms with Crippen molar-refractivity contribution in [2.75, 3.05) is 17.6 Å². The molecule has 0 aromatic heterocycles. The molecule has 0 spiro atoms. The molecular weight excluding hydrogens is 245 g/mol. The van der Waals surface area contributed by atoms with E-state index >= 15 is 0 Å². The number of amides is 1. The summed E-state index contributed by atoms with van der Waals surface area (Å²) in [5.74, 6) is 0. The van der Waals surface area contributed by atoms with E-state index in [0.717, 1.165) is 10.8 Å². The van der Waals surface area contributed by atoms with Gasteiger partial charge in [0.2, 0.25) is 0 Å². The van der Waals surface area contributed by atoms with Crippen LogP contribution < -0.4 is 5.32 Å².